The highest BCUT2D eigenvalue weighted by atomic mass is 35.5. The molecule has 0 spiro atoms. The van der Waals surface area contributed by atoms with Crippen LogP contribution in [0.4, 0.5) is 0 Å². The molecule has 1 N–H and O–H groups in total. The van der Waals surface area contributed by atoms with Crippen LogP contribution < -0.4 is 5.32 Å². The molecular formula is C17H26ClNO. The standard InChI is InChI=1S/C17H26ClNO/c1-3-10-19-17(9-7-14-5-4-11-20-14)15-8-6-13(2)12-16(15)18/h6,8,12,14,17,19H,3-5,7,9-11H2,1-2H3. The summed E-state index contributed by atoms with van der Waals surface area (Å²) in [6, 6.07) is 6.71. The van der Waals surface area contributed by atoms with Crippen LogP contribution in [0.15, 0.2) is 18.2 Å². The molecule has 2 nitrogen and oxygen atoms in total. The lowest BCUT2D eigenvalue weighted by atomic mass is 9.98. The molecule has 0 aliphatic carbocycles. The van der Waals surface area contributed by atoms with Gasteiger partial charge in [0.05, 0.1) is 6.10 Å². The van der Waals surface area contributed by atoms with E-state index in [0.717, 1.165) is 37.4 Å². The Kier molecular flexibility index (Phi) is 6.34. The van der Waals surface area contributed by atoms with Gasteiger partial charge in [-0.05, 0) is 62.8 Å². The summed E-state index contributed by atoms with van der Waals surface area (Å²) in [7, 11) is 0. The number of rotatable bonds is 7. The van der Waals surface area contributed by atoms with Gasteiger partial charge in [-0.3, -0.25) is 0 Å². The molecule has 1 saturated heterocycles. The smallest absolute Gasteiger partial charge is 0.0576 e. The number of halogens is 1. The minimum absolute atomic E-state index is 0.340. The van der Waals surface area contributed by atoms with Crippen molar-refractivity contribution in [2.24, 2.45) is 0 Å². The Hall–Kier alpha value is -0.570. The molecule has 1 aromatic rings. The summed E-state index contributed by atoms with van der Waals surface area (Å²) < 4.78 is 5.73. The first-order valence-electron chi connectivity index (χ1n) is 7.81. The van der Waals surface area contributed by atoms with Crippen molar-refractivity contribution >= 4 is 11.6 Å². The van der Waals surface area contributed by atoms with Crippen molar-refractivity contribution in [1.29, 1.82) is 0 Å². The van der Waals surface area contributed by atoms with Crippen molar-refractivity contribution in [2.45, 2.75) is 58.1 Å². The van der Waals surface area contributed by atoms with E-state index in [4.69, 9.17) is 16.3 Å². The lowest BCUT2D eigenvalue weighted by molar-refractivity contribution is 0.0996. The van der Waals surface area contributed by atoms with Crippen molar-refractivity contribution in [2.75, 3.05) is 13.2 Å². The van der Waals surface area contributed by atoms with Crippen LogP contribution in [0.25, 0.3) is 0 Å². The van der Waals surface area contributed by atoms with Crippen molar-refractivity contribution in [3.63, 3.8) is 0 Å². The molecule has 1 fully saturated rings. The third-order valence-electron chi connectivity index (χ3n) is 3.97. The largest absolute Gasteiger partial charge is 0.378 e. The highest BCUT2D eigenvalue weighted by Gasteiger charge is 2.20. The van der Waals surface area contributed by atoms with E-state index in [9.17, 15) is 0 Å². The van der Waals surface area contributed by atoms with E-state index in [-0.39, 0.29) is 0 Å². The maximum absolute atomic E-state index is 6.43. The summed E-state index contributed by atoms with van der Waals surface area (Å²) in [5, 5.41) is 4.51. The molecule has 3 heteroatoms. The first-order valence-corrected chi connectivity index (χ1v) is 8.19. The number of aryl methyl sites for hydroxylation is 1. The molecule has 0 bridgehead atoms. The summed E-state index contributed by atoms with van der Waals surface area (Å²) in [5.41, 5.74) is 2.44. The maximum Gasteiger partial charge on any atom is 0.0576 e. The Bertz CT molecular complexity index is 415. The zero-order valence-electron chi connectivity index (χ0n) is 12.6. The second-order valence-corrected chi connectivity index (χ2v) is 6.15. The van der Waals surface area contributed by atoms with Gasteiger partial charge in [-0.15, -0.1) is 0 Å². The van der Waals surface area contributed by atoms with Crippen molar-refractivity contribution < 1.29 is 4.74 Å². The normalized spacial score (nSPS) is 20.2. The molecule has 2 atom stereocenters. The predicted molar refractivity (Wildman–Crippen MR) is 85.4 cm³/mol. The molecule has 112 valence electrons. The van der Waals surface area contributed by atoms with Crippen LogP contribution in [0.3, 0.4) is 0 Å². The Morgan fingerprint density at radius 2 is 2.30 bits per heavy atom. The van der Waals surface area contributed by atoms with Crippen LogP contribution in [0.2, 0.25) is 5.02 Å². The second-order valence-electron chi connectivity index (χ2n) is 5.74. The van der Waals surface area contributed by atoms with E-state index >= 15 is 0 Å². The van der Waals surface area contributed by atoms with Gasteiger partial charge in [0.15, 0.2) is 0 Å². The van der Waals surface area contributed by atoms with Crippen LogP contribution >= 0.6 is 11.6 Å². The van der Waals surface area contributed by atoms with Crippen molar-refractivity contribution in [1.82, 2.24) is 5.32 Å². The number of hydrogen-bond acceptors (Lipinski definition) is 2. The van der Waals surface area contributed by atoms with Gasteiger partial charge >= 0.3 is 0 Å². The van der Waals surface area contributed by atoms with Gasteiger partial charge in [0, 0.05) is 17.7 Å². The number of ether oxygens (including phenoxy) is 1. The summed E-state index contributed by atoms with van der Waals surface area (Å²) in [5.74, 6) is 0. The first-order chi connectivity index (χ1) is 9.70. The van der Waals surface area contributed by atoms with Gasteiger partial charge < -0.3 is 10.1 Å². The third-order valence-corrected chi connectivity index (χ3v) is 4.30. The Morgan fingerprint density at radius 1 is 1.45 bits per heavy atom. The topological polar surface area (TPSA) is 21.3 Å². The van der Waals surface area contributed by atoms with E-state index in [2.05, 4.69) is 37.4 Å². The average molecular weight is 296 g/mol. The van der Waals surface area contributed by atoms with Gasteiger partial charge in [0.1, 0.15) is 0 Å². The molecule has 1 aromatic carbocycles. The molecule has 0 radical (unpaired) electrons. The zero-order chi connectivity index (χ0) is 14.4. The van der Waals surface area contributed by atoms with E-state index in [1.807, 2.05) is 0 Å². The molecule has 1 aliphatic heterocycles. The van der Waals surface area contributed by atoms with Gasteiger partial charge in [-0.2, -0.15) is 0 Å². The fraction of sp³-hybridized carbons (Fsp3) is 0.647. The zero-order valence-corrected chi connectivity index (χ0v) is 13.4. The van der Waals surface area contributed by atoms with Gasteiger partial charge in [-0.1, -0.05) is 30.7 Å². The molecule has 1 heterocycles. The van der Waals surface area contributed by atoms with Gasteiger partial charge in [-0.25, -0.2) is 0 Å². The summed E-state index contributed by atoms with van der Waals surface area (Å²) >= 11 is 6.43. The van der Waals surface area contributed by atoms with Gasteiger partial charge in [0.25, 0.3) is 0 Å². The number of benzene rings is 1. The molecule has 2 rings (SSSR count). The molecule has 0 saturated carbocycles. The summed E-state index contributed by atoms with van der Waals surface area (Å²) in [6.07, 6.45) is 6.22. The van der Waals surface area contributed by atoms with Crippen LogP contribution in [0, 0.1) is 6.92 Å². The van der Waals surface area contributed by atoms with E-state index in [1.165, 1.54) is 24.0 Å². The minimum atomic E-state index is 0.340. The lowest BCUT2D eigenvalue weighted by Crippen LogP contribution is -2.24. The molecule has 1 aliphatic rings. The van der Waals surface area contributed by atoms with Gasteiger partial charge in [0.2, 0.25) is 0 Å². The van der Waals surface area contributed by atoms with E-state index in [0.29, 0.717) is 12.1 Å². The third kappa shape index (κ3) is 4.47. The fourth-order valence-corrected chi connectivity index (χ4v) is 3.19. The molecule has 2 unspecified atom stereocenters. The molecule has 0 amide bonds. The van der Waals surface area contributed by atoms with E-state index < -0.39 is 0 Å². The summed E-state index contributed by atoms with van der Waals surface area (Å²) in [6.45, 7) is 6.24. The fourth-order valence-electron chi connectivity index (χ4n) is 2.83. The Labute approximate surface area is 127 Å². The Morgan fingerprint density at radius 3 is 2.95 bits per heavy atom. The average Bonchev–Trinajstić information content (AvgIpc) is 2.93. The van der Waals surface area contributed by atoms with Crippen LogP contribution in [-0.2, 0) is 4.74 Å². The van der Waals surface area contributed by atoms with E-state index in [1.54, 1.807) is 0 Å². The lowest BCUT2D eigenvalue weighted by Gasteiger charge is -2.22. The van der Waals surface area contributed by atoms with Crippen LogP contribution in [0.5, 0.6) is 0 Å². The monoisotopic (exact) mass is 295 g/mol. The highest BCUT2D eigenvalue weighted by molar-refractivity contribution is 6.31. The molecule has 0 aromatic heterocycles. The minimum Gasteiger partial charge on any atom is -0.378 e. The van der Waals surface area contributed by atoms with Crippen molar-refractivity contribution in [3.05, 3.63) is 34.3 Å². The first kappa shape index (κ1) is 15.8. The second kappa shape index (κ2) is 8.02. The van der Waals surface area contributed by atoms with Crippen LogP contribution in [0.1, 0.15) is 56.2 Å². The number of nitrogens with one attached hydrogen (secondary N) is 1. The maximum atomic E-state index is 6.43. The predicted octanol–water partition coefficient (Wildman–Crippen LogP) is 4.65. The van der Waals surface area contributed by atoms with Crippen LogP contribution in [-0.4, -0.2) is 19.3 Å². The van der Waals surface area contributed by atoms with Crippen molar-refractivity contribution in [3.8, 4) is 0 Å². The molecular weight excluding hydrogens is 270 g/mol. The number of hydrogen-bond donors (Lipinski definition) is 1. The SMILES string of the molecule is CCCNC(CCC1CCCO1)c1ccc(C)cc1Cl. The Balaban J connectivity index is 2.01. The molecule has 20 heavy (non-hydrogen) atoms. The quantitative estimate of drug-likeness (QED) is 0.790. The summed E-state index contributed by atoms with van der Waals surface area (Å²) in [4.78, 5) is 0. The highest BCUT2D eigenvalue weighted by Crippen LogP contribution is 2.29.